The van der Waals surface area contributed by atoms with E-state index in [1.54, 1.807) is 6.07 Å². The van der Waals surface area contributed by atoms with E-state index in [0.29, 0.717) is 48.0 Å². The first-order chi connectivity index (χ1) is 15.7. The SMILES string of the molecule is N#Cc1ccc(Oc2ccc(/C=C3\SC(N4CCOCC4)=NC3=O)cc2O)c(C(F)(F)F)c1. The molecule has 2 aromatic rings. The van der Waals surface area contributed by atoms with Gasteiger partial charge >= 0.3 is 6.18 Å². The van der Waals surface area contributed by atoms with Gasteiger partial charge in [0.2, 0.25) is 0 Å². The van der Waals surface area contributed by atoms with Crippen molar-refractivity contribution in [2.45, 2.75) is 6.18 Å². The van der Waals surface area contributed by atoms with Gasteiger partial charge in [-0.05, 0) is 53.7 Å². The van der Waals surface area contributed by atoms with E-state index in [0.717, 1.165) is 6.07 Å². The van der Waals surface area contributed by atoms with Crippen LogP contribution in [0.3, 0.4) is 0 Å². The molecule has 0 saturated carbocycles. The van der Waals surface area contributed by atoms with Gasteiger partial charge in [0.1, 0.15) is 5.75 Å². The molecule has 4 rings (SSSR count). The van der Waals surface area contributed by atoms with E-state index in [-0.39, 0.29) is 11.3 Å². The summed E-state index contributed by atoms with van der Waals surface area (Å²) in [5.41, 5.74) is -0.851. The maximum atomic E-state index is 13.3. The molecule has 33 heavy (non-hydrogen) atoms. The van der Waals surface area contributed by atoms with E-state index in [1.807, 2.05) is 4.90 Å². The van der Waals surface area contributed by atoms with Crippen molar-refractivity contribution in [1.29, 1.82) is 5.26 Å². The van der Waals surface area contributed by atoms with Crippen LogP contribution < -0.4 is 4.74 Å². The number of ether oxygens (including phenoxy) is 2. The summed E-state index contributed by atoms with van der Waals surface area (Å²) in [5.74, 6) is -1.57. The van der Waals surface area contributed by atoms with E-state index in [4.69, 9.17) is 14.7 Å². The van der Waals surface area contributed by atoms with E-state index in [9.17, 15) is 23.1 Å². The summed E-state index contributed by atoms with van der Waals surface area (Å²) >= 11 is 1.21. The second kappa shape index (κ2) is 9.17. The summed E-state index contributed by atoms with van der Waals surface area (Å²) in [6.45, 7) is 2.37. The Labute approximate surface area is 190 Å². The van der Waals surface area contributed by atoms with Gasteiger partial charge in [-0.25, -0.2) is 0 Å². The molecule has 1 N–H and O–H groups in total. The molecule has 0 radical (unpaired) electrons. The fraction of sp³-hybridized carbons (Fsp3) is 0.227. The fourth-order valence-corrected chi connectivity index (χ4v) is 4.14. The number of alkyl halides is 3. The number of halogens is 3. The molecule has 7 nitrogen and oxygen atoms in total. The van der Waals surface area contributed by atoms with Gasteiger partial charge in [0.15, 0.2) is 16.7 Å². The van der Waals surface area contributed by atoms with Crippen LogP contribution in [0.2, 0.25) is 0 Å². The zero-order valence-electron chi connectivity index (χ0n) is 16.9. The lowest BCUT2D eigenvalue weighted by Crippen LogP contribution is -2.38. The van der Waals surface area contributed by atoms with Crippen molar-refractivity contribution in [2.24, 2.45) is 4.99 Å². The second-order valence-corrected chi connectivity index (χ2v) is 8.07. The van der Waals surface area contributed by atoms with Crippen molar-refractivity contribution in [3.05, 3.63) is 58.0 Å². The van der Waals surface area contributed by atoms with Gasteiger partial charge in [0.25, 0.3) is 5.91 Å². The van der Waals surface area contributed by atoms with Crippen LogP contribution in [0.4, 0.5) is 13.2 Å². The molecule has 1 saturated heterocycles. The standard InChI is InChI=1S/C22H16F3N3O4S/c23-22(24,25)15-9-14(12-26)2-3-17(15)32-18-4-1-13(10-16(18)29)11-19-20(30)27-21(33-19)28-5-7-31-8-6-28/h1-4,9-11,29H,5-8H2/b19-11-. The summed E-state index contributed by atoms with van der Waals surface area (Å²) in [6, 6.07) is 8.62. The number of benzene rings is 2. The smallest absolute Gasteiger partial charge is 0.420 e. The number of nitrogens with zero attached hydrogens (tertiary/aromatic N) is 3. The van der Waals surface area contributed by atoms with Gasteiger partial charge in [-0.2, -0.15) is 23.4 Å². The van der Waals surface area contributed by atoms with Crippen molar-refractivity contribution >= 4 is 28.9 Å². The minimum Gasteiger partial charge on any atom is -0.504 e. The number of thioether (sulfide) groups is 1. The molecule has 2 aliphatic heterocycles. The molecule has 0 aliphatic carbocycles. The number of aromatic hydroxyl groups is 1. The number of aliphatic imine (C=N–C) groups is 1. The molecular formula is C22H16F3N3O4S. The Morgan fingerprint density at radius 3 is 2.58 bits per heavy atom. The molecule has 2 heterocycles. The summed E-state index contributed by atoms with van der Waals surface area (Å²) in [4.78, 5) is 18.6. The largest absolute Gasteiger partial charge is 0.504 e. The van der Waals surface area contributed by atoms with Crippen molar-refractivity contribution in [3.63, 3.8) is 0 Å². The van der Waals surface area contributed by atoms with Crippen LogP contribution in [0.15, 0.2) is 46.3 Å². The minimum absolute atomic E-state index is 0.168. The molecule has 0 bridgehead atoms. The number of phenols is 1. The van der Waals surface area contributed by atoms with Gasteiger partial charge in [0.05, 0.1) is 35.3 Å². The van der Waals surface area contributed by atoms with Gasteiger partial charge in [-0.15, -0.1) is 0 Å². The number of morpholine rings is 1. The monoisotopic (exact) mass is 475 g/mol. The van der Waals surface area contributed by atoms with E-state index >= 15 is 0 Å². The first-order valence-electron chi connectivity index (χ1n) is 9.72. The highest BCUT2D eigenvalue weighted by atomic mass is 32.2. The predicted octanol–water partition coefficient (Wildman–Crippen LogP) is 4.38. The number of amides is 1. The highest BCUT2D eigenvalue weighted by Crippen LogP contribution is 2.41. The normalized spacial score (nSPS) is 17.8. The Balaban J connectivity index is 1.53. The van der Waals surface area contributed by atoms with E-state index in [2.05, 4.69) is 4.99 Å². The highest BCUT2D eigenvalue weighted by molar-refractivity contribution is 8.18. The third kappa shape index (κ3) is 5.13. The number of nitriles is 1. The number of amidine groups is 1. The van der Waals surface area contributed by atoms with Crippen LogP contribution in [0, 0.1) is 11.3 Å². The van der Waals surface area contributed by atoms with Gasteiger partial charge < -0.3 is 19.5 Å². The molecule has 0 aromatic heterocycles. The third-order valence-corrected chi connectivity index (χ3v) is 5.85. The van der Waals surface area contributed by atoms with Gasteiger partial charge in [-0.3, -0.25) is 4.79 Å². The molecule has 0 spiro atoms. The second-order valence-electron chi connectivity index (χ2n) is 7.06. The Kier molecular flexibility index (Phi) is 6.31. The zero-order chi connectivity index (χ0) is 23.6. The molecule has 2 aliphatic rings. The molecule has 170 valence electrons. The van der Waals surface area contributed by atoms with Crippen LogP contribution in [-0.2, 0) is 15.7 Å². The number of carbonyl (C=O) groups is 1. The van der Waals surface area contributed by atoms with Crippen LogP contribution >= 0.6 is 11.8 Å². The number of hydrogen-bond donors (Lipinski definition) is 1. The lowest BCUT2D eigenvalue weighted by molar-refractivity contribution is -0.138. The lowest BCUT2D eigenvalue weighted by Gasteiger charge is -2.27. The van der Waals surface area contributed by atoms with Crippen molar-refractivity contribution < 1.29 is 32.5 Å². The topological polar surface area (TPSA) is 95.1 Å². The van der Waals surface area contributed by atoms with Crippen LogP contribution in [0.1, 0.15) is 16.7 Å². The maximum absolute atomic E-state index is 13.3. The van der Waals surface area contributed by atoms with Crippen molar-refractivity contribution in [1.82, 2.24) is 4.90 Å². The average Bonchev–Trinajstić information content (AvgIpc) is 3.16. The Morgan fingerprint density at radius 1 is 1.18 bits per heavy atom. The van der Waals surface area contributed by atoms with E-state index in [1.165, 1.54) is 42.1 Å². The maximum Gasteiger partial charge on any atom is 0.420 e. The Hall–Kier alpha value is -3.49. The first kappa shape index (κ1) is 22.7. The molecule has 2 aromatic carbocycles. The molecular weight excluding hydrogens is 459 g/mol. The van der Waals surface area contributed by atoms with Crippen LogP contribution in [0.25, 0.3) is 6.08 Å². The number of hydrogen-bond acceptors (Lipinski definition) is 7. The summed E-state index contributed by atoms with van der Waals surface area (Å²) in [7, 11) is 0. The summed E-state index contributed by atoms with van der Waals surface area (Å²) < 4.78 is 50.6. The van der Waals surface area contributed by atoms with Gasteiger partial charge in [-0.1, -0.05) is 6.07 Å². The molecule has 0 unspecified atom stereocenters. The average molecular weight is 475 g/mol. The molecule has 1 fully saturated rings. The molecule has 0 atom stereocenters. The minimum atomic E-state index is -4.75. The molecule has 1 amide bonds. The fourth-order valence-electron chi connectivity index (χ4n) is 3.18. The molecule has 11 heteroatoms. The van der Waals surface area contributed by atoms with E-state index < -0.39 is 29.1 Å². The zero-order valence-corrected chi connectivity index (χ0v) is 17.7. The first-order valence-corrected chi connectivity index (χ1v) is 10.5. The predicted molar refractivity (Wildman–Crippen MR) is 115 cm³/mol. The van der Waals surface area contributed by atoms with Crippen LogP contribution in [0.5, 0.6) is 17.2 Å². The number of phenolic OH excluding ortho intramolecular Hbond substituents is 1. The third-order valence-electron chi connectivity index (χ3n) is 4.81. The number of rotatable bonds is 3. The van der Waals surface area contributed by atoms with Gasteiger partial charge in [0, 0.05) is 13.1 Å². The Morgan fingerprint density at radius 2 is 1.91 bits per heavy atom. The highest BCUT2D eigenvalue weighted by Gasteiger charge is 2.35. The number of carbonyl (C=O) groups excluding carboxylic acids is 1. The summed E-state index contributed by atoms with van der Waals surface area (Å²) in [6.07, 6.45) is -3.21. The van der Waals surface area contributed by atoms with Crippen LogP contribution in [-0.4, -0.2) is 47.4 Å². The Bertz CT molecular complexity index is 1200. The lowest BCUT2D eigenvalue weighted by atomic mass is 10.1. The quantitative estimate of drug-likeness (QED) is 0.659. The van der Waals surface area contributed by atoms with Crippen molar-refractivity contribution in [2.75, 3.05) is 26.3 Å². The van der Waals surface area contributed by atoms with Crippen molar-refractivity contribution in [3.8, 4) is 23.3 Å². The summed E-state index contributed by atoms with van der Waals surface area (Å²) in [5, 5.41) is 19.8.